The molecule has 0 N–H and O–H groups in total. The van der Waals surface area contributed by atoms with Crippen LogP contribution in [0.15, 0.2) is 30.3 Å². The summed E-state index contributed by atoms with van der Waals surface area (Å²) in [6.07, 6.45) is 0. The number of hydrogen-bond donors (Lipinski definition) is 0. The first-order valence-electron chi connectivity index (χ1n) is 7.93. The highest BCUT2D eigenvalue weighted by molar-refractivity contribution is 5.86. The van der Waals surface area contributed by atoms with E-state index in [4.69, 9.17) is 19.2 Å². The fourth-order valence-corrected chi connectivity index (χ4v) is 3.08. The van der Waals surface area contributed by atoms with Crippen LogP contribution in [0.5, 0.6) is 17.2 Å². The third kappa shape index (κ3) is 2.26. The van der Waals surface area contributed by atoms with E-state index in [1.54, 1.807) is 7.11 Å². The summed E-state index contributed by atoms with van der Waals surface area (Å²) in [5, 5.41) is 1.19. The molecule has 2 heterocycles. The lowest BCUT2D eigenvalue weighted by Crippen LogP contribution is -1.93. The van der Waals surface area contributed by atoms with Crippen molar-refractivity contribution in [3.8, 4) is 28.5 Å². The highest BCUT2D eigenvalue weighted by atomic mass is 16.7. The number of methoxy groups -OCH3 is 1. The lowest BCUT2D eigenvalue weighted by Gasteiger charge is -2.11. The second kappa shape index (κ2) is 5.41. The maximum Gasteiger partial charge on any atom is 0.231 e. The minimum absolute atomic E-state index is 0.220. The molecule has 0 amide bonds. The van der Waals surface area contributed by atoms with Crippen LogP contribution in [0.2, 0.25) is 0 Å². The third-order valence-electron chi connectivity index (χ3n) is 4.59. The molecule has 0 unspecified atom stereocenters. The van der Waals surface area contributed by atoms with Gasteiger partial charge in [-0.2, -0.15) is 0 Å². The van der Waals surface area contributed by atoms with Gasteiger partial charge in [-0.15, -0.1) is 0 Å². The molecule has 0 fully saturated rings. The van der Waals surface area contributed by atoms with Crippen LogP contribution in [0.1, 0.15) is 16.7 Å². The van der Waals surface area contributed by atoms with Gasteiger partial charge in [-0.05, 0) is 67.8 Å². The lowest BCUT2D eigenvalue weighted by atomic mass is 10.0. The number of ether oxygens (including phenoxy) is 3. The van der Waals surface area contributed by atoms with Crippen LogP contribution >= 0.6 is 0 Å². The van der Waals surface area contributed by atoms with Crippen molar-refractivity contribution in [3.63, 3.8) is 0 Å². The van der Waals surface area contributed by atoms with Gasteiger partial charge < -0.3 is 14.2 Å². The molecule has 24 heavy (non-hydrogen) atoms. The van der Waals surface area contributed by atoms with Gasteiger partial charge in [0.25, 0.3) is 0 Å². The molecule has 122 valence electrons. The van der Waals surface area contributed by atoms with Crippen LogP contribution in [0.3, 0.4) is 0 Å². The molecule has 2 aromatic carbocycles. The van der Waals surface area contributed by atoms with Gasteiger partial charge in [-0.25, -0.2) is 4.98 Å². The van der Waals surface area contributed by atoms with Gasteiger partial charge in [0.1, 0.15) is 0 Å². The number of rotatable bonds is 2. The van der Waals surface area contributed by atoms with Crippen LogP contribution in [-0.4, -0.2) is 18.9 Å². The Kier molecular flexibility index (Phi) is 3.34. The summed E-state index contributed by atoms with van der Waals surface area (Å²) >= 11 is 0. The predicted octanol–water partition coefficient (Wildman–Crippen LogP) is 4.56. The Bertz CT molecular complexity index is 963. The van der Waals surface area contributed by atoms with Crippen molar-refractivity contribution in [1.82, 2.24) is 4.98 Å². The SMILES string of the molecule is COc1cc(-c2cc(C)c3cc(C)c(C)cc3n2)cc2c1OCO2. The molecule has 0 bridgehead atoms. The molecule has 1 aromatic heterocycles. The summed E-state index contributed by atoms with van der Waals surface area (Å²) in [5.74, 6) is 2.02. The van der Waals surface area contributed by atoms with Gasteiger partial charge in [0.05, 0.1) is 18.3 Å². The number of hydrogen-bond acceptors (Lipinski definition) is 4. The molecule has 1 aliphatic heterocycles. The molecule has 0 aliphatic carbocycles. The van der Waals surface area contributed by atoms with E-state index in [0.29, 0.717) is 17.2 Å². The van der Waals surface area contributed by atoms with Crippen LogP contribution in [-0.2, 0) is 0 Å². The minimum atomic E-state index is 0.220. The van der Waals surface area contributed by atoms with E-state index in [0.717, 1.165) is 16.8 Å². The number of fused-ring (bicyclic) bond motifs is 2. The maximum atomic E-state index is 5.53. The quantitative estimate of drug-likeness (QED) is 0.693. The van der Waals surface area contributed by atoms with Crippen LogP contribution in [0, 0.1) is 20.8 Å². The standard InChI is InChI=1S/C20H19NO3/c1-11-5-15-13(3)7-16(21-17(15)6-12(11)2)14-8-18(22-4)20-19(9-14)23-10-24-20/h5-9H,10H2,1-4H3. The summed E-state index contributed by atoms with van der Waals surface area (Å²) < 4.78 is 16.4. The average Bonchev–Trinajstić information content (AvgIpc) is 3.04. The number of nitrogens with zero attached hydrogens (tertiary/aromatic N) is 1. The Hall–Kier alpha value is -2.75. The molecule has 3 aromatic rings. The van der Waals surface area contributed by atoms with E-state index in [-0.39, 0.29) is 6.79 Å². The monoisotopic (exact) mass is 321 g/mol. The fraction of sp³-hybridized carbons (Fsp3) is 0.250. The highest BCUT2D eigenvalue weighted by Crippen LogP contribution is 2.44. The summed E-state index contributed by atoms with van der Waals surface area (Å²) in [4.78, 5) is 4.86. The van der Waals surface area contributed by atoms with Crippen molar-refractivity contribution < 1.29 is 14.2 Å². The molecular weight excluding hydrogens is 302 g/mol. The topological polar surface area (TPSA) is 40.6 Å². The van der Waals surface area contributed by atoms with Crippen molar-refractivity contribution in [1.29, 1.82) is 0 Å². The molecule has 1 aliphatic rings. The smallest absolute Gasteiger partial charge is 0.231 e. The third-order valence-corrected chi connectivity index (χ3v) is 4.59. The molecule has 4 heteroatoms. The highest BCUT2D eigenvalue weighted by Gasteiger charge is 2.21. The minimum Gasteiger partial charge on any atom is -0.493 e. The van der Waals surface area contributed by atoms with Crippen molar-refractivity contribution in [2.24, 2.45) is 0 Å². The Morgan fingerprint density at radius 2 is 1.71 bits per heavy atom. The molecule has 0 saturated heterocycles. The zero-order valence-corrected chi connectivity index (χ0v) is 14.3. The zero-order chi connectivity index (χ0) is 16.8. The van der Waals surface area contributed by atoms with E-state index >= 15 is 0 Å². The molecule has 0 radical (unpaired) electrons. The molecule has 4 rings (SSSR count). The Labute approximate surface area is 141 Å². The Morgan fingerprint density at radius 1 is 0.917 bits per heavy atom. The summed E-state index contributed by atoms with van der Waals surface area (Å²) in [6, 6.07) is 10.4. The molecule has 0 saturated carbocycles. The summed E-state index contributed by atoms with van der Waals surface area (Å²) in [6.45, 7) is 6.58. The van der Waals surface area contributed by atoms with Crippen LogP contribution in [0.4, 0.5) is 0 Å². The van der Waals surface area contributed by atoms with Crippen molar-refractivity contribution in [2.75, 3.05) is 13.9 Å². The summed E-state index contributed by atoms with van der Waals surface area (Å²) in [7, 11) is 1.63. The van der Waals surface area contributed by atoms with E-state index < -0.39 is 0 Å². The number of aryl methyl sites for hydroxylation is 3. The van der Waals surface area contributed by atoms with Gasteiger partial charge >= 0.3 is 0 Å². The second-order valence-electron chi connectivity index (χ2n) is 6.19. The molecule has 4 nitrogen and oxygen atoms in total. The maximum absolute atomic E-state index is 5.53. The Balaban J connectivity index is 1.92. The molecule has 0 atom stereocenters. The molecule has 0 spiro atoms. The fourth-order valence-electron chi connectivity index (χ4n) is 3.08. The first kappa shape index (κ1) is 14.8. The van der Waals surface area contributed by atoms with Gasteiger partial charge in [-0.1, -0.05) is 0 Å². The van der Waals surface area contributed by atoms with E-state index in [2.05, 4.69) is 39.0 Å². The Morgan fingerprint density at radius 3 is 2.50 bits per heavy atom. The number of benzene rings is 2. The van der Waals surface area contributed by atoms with Gasteiger partial charge in [-0.3, -0.25) is 0 Å². The second-order valence-corrected chi connectivity index (χ2v) is 6.19. The number of pyridine rings is 1. The lowest BCUT2D eigenvalue weighted by molar-refractivity contribution is 0.171. The van der Waals surface area contributed by atoms with Crippen molar-refractivity contribution in [3.05, 3.63) is 47.0 Å². The first-order valence-corrected chi connectivity index (χ1v) is 7.93. The predicted molar refractivity (Wildman–Crippen MR) is 94.1 cm³/mol. The largest absolute Gasteiger partial charge is 0.493 e. The number of aromatic nitrogens is 1. The van der Waals surface area contributed by atoms with Crippen molar-refractivity contribution >= 4 is 10.9 Å². The zero-order valence-electron chi connectivity index (χ0n) is 14.3. The van der Waals surface area contributed by atoms with Crippen molar-refractivity contribution in [2.45, 2.75) is 20.8 Å². The summed E-state index contributed by atoms with van der Waals surface area (Å²) in [5.41, 5.74) is 6.60. The van der Waals surface area contributed by atoms with E-state index in [9.17, 15) is 0 Å². The molecular formula is C20H19NO3. The van der Waals surface area contributed by atoms with E-state index in [1.165, 1.54) is 22.1 Å². The first-order chi connectivity index (χ1) is 11.6. The normalized spacial score (nSPS) is 12.7. The van der Waals surface area contributed by atoms with Gasteiger partial charge in [0, 0.05) is 10.9 Å². The average molecular weight is 321 g/mol. The van der Waals surface area contributed by atoms with Crippen LogP contribution in [0.25, 0.3) is 22.2 Å². The van der Waals surface area contributed by atoms with Gasteiger partial charge in [0.15, 0.2) is 11.5 Å². The van der Waals surface area contributed by atoms with Crippen LogP contribution < -0.4 is 14.2 Å². The van der Waals surface area contributed by atoms with E-state index in [1.807, 2.05) is 12.1 Å². The van der Waals surface area contributed by atoms with Gasteiger partial charge in [0.2, 0.25) is 12.5 Å².